The normalized spacial score (nSPS) is 29.6. The lowest BCUT2D eigenvalue weighted by molar-refractivity contribution is -0.155. The summed E-state index contributed by atoms with van der Waals surface area (Å²) >= 11 is 0. The summed E-state index contributed by atoms with van der Waals surface area (Å²) in [5, 5.41) is 0. The average Bonchev–Trinajstić information content (AvgIpc) is 2.57. The van der Waals surface area contributed by atoms with Crippen molar-refractivity contribution < 1.29 is 9.00 Å². The molecule has 1 saturated carbocycles. The number of benzene rings is 1. The standard InChI is InChI=1S/C19H28N2O2S/c1-18(2,3)24(23)20-16(14-8-6-5-7-9-14)19-12-10-15(11-13-19)17(22)21(19)4/h5-9,15-16,20H,10-13H2,1-4H3/t15?,16-,19?,24+/m1/s1. The van der Waals surface area contributed by atoms with E-state index in [-0.39, 0.29) is 28.2 Å². The van der Waals surface area contributed by atoms with E-state index >= 15 is 0 Å². The molecule has 0 radical (unpaired) electrons. The summed E-state index contributed by atoms with van der Waals surface area (Å²) in [6.07, 6.45) is 3.81. The molecule has 1 aromatic rings. The Bertz CT molecular complexity index is 631. The SMILES string of the molecule is CN1C(=O)C2CCC1([C@H](N[S@@](=O)C(C)(C)C)c1ccccc1)CC2. The van der Waals surface area contributed by atoms with Crippen LogP contribution in [0.5, 0.6) is 0 Å². The van der Waals surface area contributed by atoms with Crippen LogP contribution in [-0.4, -0.2) is 32.3 Å². The molecule has 0 spiro atoms. The quantitative estimate of drug-likeness (QED) is 0.908. The second-order valence-electron chi connectivity index (χ2n) is 8.12. The Labute approximate surface area is 147 Å². The number of hydrogen-bond donors (Lipinski definition) is 1. The highest BCUT2D eigenvalue weighted by Gasteiger charge is 2.54. The minimum atomic E-state index is -1.19. The number of nitrogens with one attached hydrogen (secondary N) is 1. The second kappa shape index (κ2) is 6.26. The zero-order chi connectivity index (χ0) is 17.5. The van der Waals surface area contributed by atoms with Gasteiger partial charge in [0.1, 0.15) is 0 Å². The predicted molar refractivity (Wildman–Crippen MR) is 97.7 cm³/mol. The highest BCUT2D eigenvalue weighted by molar-refractivity contribution is 7.84. The van der Waals surface area contributed by atoms with Crippen LogP contribution in [0, 0.1) is 5.92 Å². The maximum atomic E-state index is 12.8. The molecule has 2 aliphatic heterocycles. The van der Waals surface area contributed by atoms with Gasteiger partial charge in [-0.3, -0.25) is 4.79 Å². The second-order valence-corrected chi connectivity index (χ2v) is 10.1. The van der Waals surface area contributed by atoms with Crippen molar-refractivity contribution in [1.82, 2.24) is 9.62 Å². The van der Waals surface area contributed by atoms with E-state index in [1.807, 2.05) is 50.9 Å². The van der Waals surface area contributed by atoms with Gasteiger partial charge >= 0.3 is 0 Å². The van der Waals surface area contributed by atoms with E-state index in [0.717, 1.165) is 31.2 Å². The monoisotopic (exact) mass is 348 g/mol. The maximum Gasteiger partial charge on any atom is 0.225 e. The van der Waals surface area contributed by atoms with Gasteiger partial charge in [-0.15, -0.1) is 0 Å². The molecule has 0 unspecified atom stereocenters. The Morgan fingerprint density at radius 3 is 2.33 bits per heavy atom. The number of piperidine rings is 2. The summed E-state index contributed by atoms with van der Waals surface area (Å²) in [6.45, 7) is 5.92. The Morgan fingerprint density at radius 2 is 1.79 bits per heavy atom. The summed E-state index contributed by atoms with van der Waals surface area (Å²) in [5.74, 6) is 0.429. The molecule has 2 atom stereocenters. The fourth-order valence-corrected chi connectivity index (χ4v) is 5.02. The van der Waals surface area contributed by atoms with Crippen LogP contribution in [0.25, 0.3) is 0 Å². The summed E-state index contributed by atoms with van der Waals surface area (Å²) in [6, 6.07) is 10.0. The summed E-state index contributed by atoms with van der Waals surface area (Å²) in [5.41, 5.74) is 0.823. The Kier molecular flexibility index (Phi) is 4.60. The lowest BCUT2D eigenvalue weighted by Crippen LogP contribution is -2.65. The van der Waals surface area contributed by atoms with Gasteiger partial charge in [-0.05, 0) is 52.0 Å². The third-order valence-electron chi connectivity index (χ3n) is 5.65. The molecule has 1 N–H and O–H groups in total. The van der Waals surface area contributed by atoms with Gasteiger partial charge in [0.2, 0.25) is 5.91 Å². The maximum absolute atomic E-state index is 12.8. The number of carbonyl (C=O) groups excluding carboxylic acids is 1. The third-order valence-corrected chi connectivity index (χ3v) is 7.21. The Morgan fingerprint density at radius 1 is 1.21 bits per heavy atom. The molecular weight excluding hydrogens is 320 g/mol. The molecule has 2 saturated heterocycles. The molecular formula is C19H28N2O2S. The summed E-state index contributed by atoms with van der Waals surface area (Å²) in [7, 11) is 0.728. The van der Waals surface area contributed by atoms with Crippen LogP contribution in [0.1, 0.15) is 58.1 Å². The van der Waals surface area contributed by atoms with Crippen molar-refractivity contribution in [2.75, 3.05) is 7.05 Å². The van der Waals surface area contributed by atoms with Crippen LogP contribution in [0.4, 0.5) is 0 Å². The van der Waals surface area contributed by atoms with E-state index in [2.05, 4.69) is 16.9 Å². The van der Waals surface area contributed by atoms with Gasteiger partial charge in [-0.25, -0.2) is 8.93 Å². The number of hydrogen-bond acceptors (Lipinski definition) is 2. The molecule has 132 valence electrons. The molecule has 5 heteroatoms. The Hall–Kier alpha value is -1.20. The highest BCUT2D eigenvalue weighted by atomic mass is 32.2. The van der Waals surface area contributed by atoms with Gasteiger partial charge in [0.25, 0.3) is 0 Å². The molecule has 3 aliphatic rings. The van der Waals surface area contributed by atoms with E-state index < -0.39 is 11.0 Å². The van der Waals surface area contributed by atoms with Crippen LogP contribution >= 0.6 is 0 Å². The van der Waals surface area contributed by atoms with Gasteiger partial charge in [0.15, 0.2) is 0 Å². The average molecular weight is 349 g/mol. The number of fused-ring (bicyclic) bond motifs is 3. The lowest BCUT2D eigenvalue weighted by Gasteiger charge is -2.56. The number of nitrogens with zero attached hydrogens (tertiary/aromatic N) is 1. The molecule has 4 nitrogen and oxygen atoms in total. The number of likely N-dealkylation sites (N-methyl/N-ethyl adjacent to an activating group) is 1. The molecule has 2 bridgehead atoms. The molecule has 1 aromatic carbocycles. The van der Waals surface area contributed by atoms with E-state index in [0.29, 0.717) is 0 Å². The topological polar surface area (TPSA) is 49.4 Å². The van der Waals surface area contributed by atoms with E-state index in [4.69, 9.17) is 0 Å². The number of carbonyl (C=O) groups is 1. The van der Waals surface area contributed by atoms with Crippen molar-refractivity contribution in [2.45, 2.75) is 62.8 Å². The molecule has 4 rings (SSSR count). The molecule has 2 heterocycles. The largest absolute Gasteiger partial charge is 0.338 e. The van der Waals surface area contributed by atoms with Crippen LogP contribution in [-0.2, 0) is 15.8 Å². The van der Waals surface area contributed by atoms with E-state index in [1.54, 1.807) is 0 Å². The van der Waals surface area contributed by atoms with E-state index in [1.165, 1.54) is 0 Å². The smallest absolute Gasteiger partial charge is 0.225 e. The molecule has 3 fully saturated rings. The van der Waals surface area contributed by atoms with Crippen LogP contribution in [0.3, 0.4) is 0 Å². The van der Waals surface area contributed by atoms with Crippen molar-refractivity contribution in [3.8, 4) is 0 Å². The van der Waals surface area contributed by atoms with Crippen LogP contribution in [0.15, 0.2) is 30.3 Å². The third kappa shape index (κ3) is 2.93. The Balaban J connectivity index is 2.01. The van der Waals surface area contributed by atoms with Gasteiger partial charge in [0, 0.05) is 13.0 Å². The fraction of sp³-hybridized carbons (Fsp3) is 0.632. The molecule has 0 aromatic heterocycles. The van der Waals surface area contributed by atoms with E-state index in [9.17, 15) is 9.00 Å². The lowest BCUT2D eigenvalue weighted by atomic mass is 9.65. The van der Waals surface area contributed by atoms with Gasteiger partial charge in [-0.1, -0.05) is 30.3 Å². The zero-order valence-corrected chi connectivity index (χ0v) is 15.9. The van der Waals surface area contributed by atoms with Gasteiger partial charge in [0.05, 0.1) is 27.3 Å². The minimum Gasteiger partial charge on any atom is -0.338 e. The first-order chi connectivity index (χ1) is 11.3. The predicted octanol–water partition coefficient (Wildman–Crippen LogP) is 3.18. The minimum absolute atomic E-state index is 0.117. The first kappa shape index (κ1) is 17.6. The zero-order valence-electron chi connectivity index (χ0n) is 15.0. The van der Waals surface area contributed by atoms with Crippen molar-refractivity contribution >= 4 is 16.9 Å². The van der Waals surface area contributed by atoms with Crippen molar-refractivity contribution in [1.29, 1.82) is 0 Å². The highest BCUT2D eigenvalue weighted by Crippen LogP contribution is 2.49. The first-order valence-electron chi connectivity index (χ1n) is 8.76. The summed E-state index contributed by atoms with van der Waals surface area (Å²) in [4.78, 5) is 14.6. The fourth-order valence-electron chi connectivity index (χ4n) is 4.09. The summed E-state index contributed by atoms with van der Waals surface area (Å²) < 4.78 is 15.9. The first-order valence-corrected chi connectivity index (χ1v) is 9.91. The molecule has 24 heavy (non-hydrogen) atoms. The molecule has 1 amide bonds. The van der Waals surface area contributed by atoms with Crippen molar-refractivity contribution in [3.05, 3.63) is 35.9 Å². The van der Waals surface area contributed by atoms with Gasteiger partial charge < -0.3 is 4.90 Å². The number of amides is 1. The number of rotatable bonds is 4. The van der Waals surface area contributed by atoms with Gasteiger partial charge in [-0.2, -0.15) is 0 Å². The van der Waals surface area contributed by atoms with Crippen LogP contribution < -0.4 is 4.72 Å². The molecule has 1 aliphatic carbocycles. The van der Waals surface area contributed by atoms with Crippen molar-refractivity contribution in [2.24, 2.45) is 5.92 Å². The van der Waals surface area contributed by atoms with Crippen molar-refractivity contribution in [3.63, 3.8) is 0 Å². The van der Waals surface area contributed by atoms with Crippen LogP contribution in [0.2, 0.25) is 0 Å².